The van der Waals surface area contributed by atoms with Crippen LogP contribution in [0, 0.1) is 0 Å². The molecule has 0 unspecified atom stereocenters. The maximum atomic E-state index is 4.25. The zero-order valence-electron chi connectivity index (χ0n) is 12.8. The van der Waals surface area contributed by atoms with Crippen LogP contribution in [-0.2, 0) is 6.54 Å². The highest BCUT2D eigenvalue weighted by Gasteiger charge is 2.25. The van der Waals surface area contributed by atoms with Gasteiger partial charge in [0.1, 0.15) is 0 Å². The molecule has 0 amide bonds. The van der Waals surface area contributed by atoms with Gasteiger partial charge in [0.25, 0.3) is 0 Å². The lowest BCUT2D eigenvalue weighted by Gasteiger charge is -2.31. The van der Waals surface area contributed by atoms with Crippen LogP contribution in [0.3, 0.4) is 0 Å². The Labute approximate surface area is 126 Å². The van der Waals surface area contributed by atoms with E-state index in [1.807, 2.05) is 4.68 Å². The topological polar surface area (TPSA) is 46.8 Å². The normalized spacial score (nSPS) is 17.5. The van der Waals surface area contributed by atoms with Crippen molar-refractivity contribution in [2.24, 2.45) is 0 Å². The zero-order chi connectivity index (χ0) is 14.7. The molecule has 0 atom stereocenters. The summed E-state index contributed by atoms with van der Waals surface area (Å²) in [6.07, 6.45) is 2.28. The summed E-state index contributed by atoms with van der Waals surface area (Å²) in [5.74, 6) is 1.55. The van der Waals surface area contributed by atoms with Gasteiger partial charge in [-0.1, -0.05) is 30.3 Å². The first-order chi connectivity index (χ1) is 10.2. The molecule has 1 fully saturated rings. The molecule has 1 saturated heterocycles. The molecule has 21 heavy (non-hydrogen) atoms. The van der Waals surface area contributed by atoms with Crippen molar-refractivity contribution >= 4 is 0 Å². The van der Waals surface area contributed by atoms with Crippen LogP contribution in [0.5, 0.6) is 0 Å². The molecule has 5 heteroatoms. The van der Waals surface area contributed by atoms with E-state index in [2.05, 4.69) is 64.6 Å². The molecule has 1 aliphatic heterocycles. The fourth-order valence-corrected chi connectivity index (χ4v) is 3.03. The van der Waals surface area contributed by atoms with Crippen LogP contribution in [0.4, 0.5) is 0 Å². The lowest BCUT2D eigenvalue weighted by molar-refractivity contribution is 0.198. The molecule has 1 aliphatic rings. The van der Waals surface area contributed by atoms with Crippen LogP contribution < -0.4 is 0 Å². The molecular weight excluding hydrogens is 262 g/mol. The van der Waals surface area contributed by atoms with E-state index in [1.165, 1.54) is 5.56 Å². The largest absolute Gasteiger partial charge is 0.299 e. The number of benzene rings is 1. The van der Waals surface area contributed by atoms with Crippen molar-refractivity contribution in [3.63, 3.8) is 0 Å². The Morgan fingerprint density at radius 1 is 1.14 bits per heavy atom. The molecule has 0 bridgehead atoms. The fraction of sp³-hybridized carbons (Fsp3) is 0.562. The van der Waals surface area contributed by atoms with Crippen molar-refractivity contribution in [3.8, 4) is 0 Å². The molecule has 112 valence electrons. The number of aromatic nitrogens is 4. The minimum atomic E-state index is 0.331. The van der Waals surface area contributed by atoms with E-state index in [9.17, 15) is 0 Å². The molecule has 0 aliphatic carbocycles. The minimum Gasteiger partial charge on any atom is -0.299 e. The van der Waals surface area contributed by atoms with E-state index in [0.717, 1.165) is 38.3 Å². The summed E-state index contributed by atoms with van der Waals surface area (Å²) in [5, 5.41) is 12.2. The van der Waals surface area contributed by atoms with Gasteiger partial charge in [-0.2, -0.15) is 0 Å². The Kier molecular flexibility index (Phi) is 4.29. The Morgan fingerprint density at radius 2 is 1.86 bits per heavy atom. The molecule has 0 spiro atoms. The summed E-state index contributed by atoms with van der Waals surface area (Å²) in [5.41, 5.74) is 1.39. The van der Waals surface area contributed by atoms with E-state index < -0.39 is 0 Å². The standard InChI is InChI=1S/C16H23N5/c1-13(2)21-16(17-18-19-21)15-8-10-20(11-9-15)12-14-6-4-3-5-7-14/h3-7,13,15H,8-12H2,1-2H3. The van der Waals surface area contributed by atoms with Crippen molar-refractivity contribution in [2.75, 3.05) is 13.1 Å². The monoisotopic (exact) mass is 285 g/mol. The van der Waals surface area contributed by atoms with Crippen LogP contribution in [0.15, 0.2) is 30.3 Å². The number of hydrogen-bond donors (Lipinski definition) is 0. The van der Waals surface area contributed by atoms with Gasteiger partial charge in [-0.25, -0.2) is 4.68 Å². The summed E-state index contributed by atoms with van der Waals surface area (Å²) < 4.78 is 1.97. The summed E-state index contributed by atoms with van der Waals surface area (Å²) in [6, 6.07) is 11.0. The smallest absolute Gasteiger partial charge is 0.154 e. The fourth-order valence-electron chi connectivity index (χ4n) is 3.03. The van der Waals surface area contributed by atoms with E-state index in [1.54, 1.807) is 0 Å². The average molecular weight is 285 g/mol. The quantitative estimate of drug-likeness (QED) is 0.866. The summed E-state index contributed by atoms with van der Waals surface area (Å²) >= 11 is 0. The Hall–Kier alpha value is -1.75. The number of likely N-dealkylation sites (tertiary alicyclic amines) is 1. The SMILES string of the molecule is CC(C)n1nnnc1C1CCN(Cc2ccccc2)CC1. The lowest BCUT2D eigenvalue weighted by Crippen LogP contribution is -2.33. The van der Waals surface area contributed by atoms with Gasteiger partial charge in [0, 0.05) is 12.5 Å². The molecule has 0 radical (unpaired) electrons. The Morgan fingerprint density at radius 3 is 2.52 bits per heavy atom. The van der Waals surface area contributed by atoms with Crippen LogP contribution >= 0.6 is 0 Å². The van der Waals surface area contributed by atoms with Crippen molar-refractivity contribution < 1.29 is 0 Å². The molecule has 0 saturated carbocycles. The van der Waals surface area contributed by atoms with Gasteiger partial charge in [-0.3, -0.25) is 4.90 Å². The van der Waals surface area contributed by atoms with Gasteiger partial charge in [0.2, 0.25) is 0 Å². The van der Waals surface area contributed by atoms with Crippen LogP contribution in [0.2, 0.25) is 0 Å². The first-order valence-electron chi connectivity index (χ1n) is 7.78. The number of hydrogen-bond acceptors (Lipinski definition) is 4. The van der Waals surface area contributed by atoms with Crippen molar-refractivity contribution in [2.45, 2.75) is 45.2 Å². The third kappa shape index (κ3) is 3.29. The molecular formula is C16H23N5. The maximum Gasteiger partial charge on any atom is 0.154 e. The van der Waals surface area contributed by atoms with Crippen LogP contribution in [-0.4, -0.2) is 38.2 Å². The van der Waals surface area contributed by atoms with Gasteiger partial charge in [-0.05, 0) is 55.8 Å². The molecule has 2 heterocycles. The van der Waals surface area contributed by atoms with Gasteiger partial charge < -0.3 is 0 Å². The maximum absolute atomic E-state index is 4.25. The van der Waals surface area contributed by atoms with Crippen LogP contribution in [0.1, 0.15) is 50.0 Å². The van der Waals surface area contributed by atoms with Crippen molar-refractivity contribution in [1.29, 1.82) is 0 Å². The molecule has 1 aromatic heterocycles. The van der Waals surface area contributed by atoms with E-state index in [-0.39, 0.29) is 0 Å². The van der Waals surface area contributed by atoms with Crippen molar-refractivity contribution in [1.82, 2.24) is 25.1 Å². The van der Waals surface area contributed by atoms with E-state index in [4.69, 9.17) is 0 Å². The molecule has 2 aromatic rings. The van der Waals surface area contributed by atoms with E-state index in [0.29, 0.717) is 12.0 Å². The summed E-state index contributed by atoms with van der Waals surface area (Å²) in [7, 11) is 0. The Bertz CT molecular complexity index is 555. The highest BCUT2D eigenvalue weighted by molar-refractivity contribution is 5.14. The molecule has 5 nitrogen and oxygen atoms in total. The summed E-state index contributed by atoms with van der Waals surface area (Å²) in [6.45, 7) is 7.53. The van der Waals surface area contributed by atoms with Gasteiger partial charge in [0.05, 0.1) is 6.04 Å². The number of rotatable bonds is 4. The third-order valence-corrected chi connectivity index (χ3v) is 4.21. The predicted octanol–water partition coefficient (Wildman–Crippen LogP) is 2.63. The average Bonchev–Trinajstić information content (AvgIpc) is 2.99. The minimum absolute atomic E-state index is 0.331. The highest BCUT2D eigenvalue weighted by Crippen LogP contribution is 2.27. The van der Waals surface area contributed by atoms with Gasteiger partial charge >= 0.3 is 0 Å². The highest BCUT2D eigenvalue weighted by atomic mass is 15.5. The van der Waals surface area contributed by atoms with Crippen molar-refractivity contribution in [3.05, 3.63) is 41.7 Å². The van der Waals surface area contributed by atoms with Gasteiger partial charge in [0.15, 0.2) is 5.82 Å². The number of nitrogens with zero attached hydrogens (tertiary/aromatic N) is 5. The second-order valence-electron chi connectivity index (χ2n) is 6.11. The first-order valence-corrected chi connectivity index (χ1v) is 7.78. The second kappa shape index (κ2) is 6.35. The van der Waals surface area contributed by atoms with Gasteiger partial charge in [-0.15, -0.1) is 5.10 Å². The Balaban J connectivity index is 1.59. The lowest BCUT2D eigenvalue weighted by atomic mass is 9.95. The number of tetrazole rings is 1. The third-order valence-electron chi connectivity index (χ3n) is 4.21. The summed E-state index contributed by atoms with van der Waals surface area (Å²) in [4.78, 5) is 2.52. The zero-order valence-corrected chi connectivity index (χ0v) is 12.8. The van der Waals surface area contributed by atoms with Crippen LogP contribution in [0.25, 0.3) is 0 Å². The second-order valence-corrected chi connectivity index (χ2v) is 6.11. The molecule has 1 aromatic carbocycles. The molecule has 3 rings (SSSR count). The number of piperidine rings is 1. The predicted molar refractivity (Wildman–Crippen MR) is 81.9 cm³/mol. The van der Waals surface area contributed by atoms with E-state index >= 15 is 0 Å². The first kappa shape index (κ1) is 14.2. The molecule has 0 N–H and O–H groups in total.